The van der Waals surface area contributed by atoms with E-state index in [-0.39, 0.29) is 5.91 Å². The van der Waals surface area contributed by atoms with Crippen molar-refractivity contribution in [2.75, 3.05) is 39.3 Å². The van der Waals surface area contributed by atoms with Gasteiger partial charge in [0, 0.05) is 68.5 Å². The summed E-state index contributed by atoms with van der Waals surface area (Å²) in [6.45, 7) is 10.8. The molecule has 1 N–H and O–H groups in total. The summed E-state index contributed by atoms with van der Waals surface area (Å²) < 4.78 is 0. The lowest BCUT2D eigenvalue weighted by atomic mass is 10.0. The maximum Gasteiger partial charge on any atom is 0.256 e. The van der Waals surface area contributed by atoms with Crippen molar-refractivity contribution in [3.8, 4) is 0 Å². The lowest BCUT2D eigenvalue weighted by Gasteiger charge is -2.48. The smallest absolute Gasteiger partial charge is 0.256 e. The number of aromatic nitrogens is 1. The Balaban J connectivity index is 1.35. The van der Waals surface area contributed by atoms with E-state index in [9.17, 15) is 4.79 Å². The molecule has 3 heterocycles. The number of hydrogen-bond donors (Lipinski definition) is 1. The van der Waals surface area contributed by atoms with Gasteiger partial charge in [0.1, 0.15) is 0 Å². The summed E-state index contributed by atoms with van der Waals surface area (Å²) in [7, 11) is 0. The van der Waals surface area contributed by atoms with Crippen LogP contribution in [0.3, 0.4) is 0 Å². The number of amides is 1. The first-order chi connectivity index (χ1) is 11.6. The molecule has 0 saturated carbocycles. The minimum Gasteiger partial charge on any atom is -0.360 e. The van der Waals surface area contributed by atoms with Gasteiger partial charge in [0.05, 0.1) is 5.56 Å². The van der Waals surface area contributed by atoms with Crippen molar-refractivity contribution < 1.29 is 4.79 Å². The Bertz CT molecular complexity index is 724. The molecule has 5 heteroatoms. The third kappa shape index (κ3) is 2.72. The second kappa shape index (κ2) is 6.22. The molecule has 2 fully saturated rings. The van der Waals surface area contributed by atoms with Gasteiger partial charge < -0.3 is 9.88 Å². The highest BCUT2D eigenvalue weighted by atomic mass is 16.2. The lowest BCUT2D eigenvalue weighted by molar-refractivity contribution is 0.00328. The zero-order chi connectivity index (χ0) is 16.7. The fourth-order valence-corrected chi connectivity index (χ4v) is 3.89. The van der Waals surface area contributed by atoms with Crippen LogP contribution in [0, 0.1) is 0 Å². The van der Waals surface area contributed by atoms with Gasteiger partial charge in [-0.05, 0) is 19.9 Å². The maximum atomic E-state index is 12.8. The molecule has 0 unspecified atom stereocenters. The predicted octanol–water partition coefficient (Wildman–Crippen LogP) is 2.02. The summed E-state index contributed by atoms with van der Waals surface area (Å²) in [5, 5.41) is 1.02. The molecule has 1 aromatic heterocycles. The van der Waals surface area contributed by atoms with E-state index in [1.165, 1.54) is 0 Å². The van der Waals surface area contributed by atoms with Gasteiger partial charge in [0.25, 0.3) is 5.91 Å². The van der Waals surface area contributed by atoms with Crippen molar-refractivity contribution >= 4 is 16.8 Å². The van der Waals surface area contributed by atoms with Crippen LogP contribution in [0.15, 0.2) is 30.5 Å². The van der Waals surface area contributed by atoms with Crippen molar-refractivity contribution in [1.82, 2.24) is 19.7 Å². The van der Waals surface area contributed by atoms with Crippen LogP contribution in [0.25, 0.3) is 10.9 Å². The number of hydrogen-bond acceptors (Lipinski definition) is 3. The summed E-state index contributed by atoms with van der Waals surface area (Å²) in [6, 6.07) is 9.17. The van der Waals surface area contributed by atoms with Crippen molar-refractivity contribution in [2.24, 2.45) is 0 Å². The Labute approximate surface area is 143 Å². The topological polar surface area (TPSA) is 42.6 Å². The average Bonchev–Trinajstić information content (AvgIpc) is 2.98. The molecule has 2 aromatic rings. The molecule has 1 aromatic carbocycles. The molecule has 2 aliphatic rings. The zero-order valence-electron chi connectivity index (χ0n) is 14.5. The summed E-state index contributed by atoms with van der Waals surface area (Å²) in [6.07, 6.45) is 1.85. The number of rotatable bonds is 3. The minimum atomic E-state index is 0.157. The van der Waals surface area contributed by atoms with E-state index in [4.69, 9.17) is 0 Å². The van der Waals surface area contributed by atoms with Crippen LogP contribution in [0.4, 0.5) is 0 Å². The van der Waals surface area contributed by atoms with E-state index >= 15 is 0 Å². The van der Waals surface area contributed by atoms with E-state index in [2.05, 4.69) is 28.6 Å². The largest absolute Gasteiger partial charge is 0.360 e. The van der Waals surface area contributed by atoms with Gasteiger partial charge in [-0.3, -0.25) is 14.6 Å². The Hall–Kier alpha value is -1.85. The van der Waals surface area contributed by atoms with Crippen molar-refractivity contribution in [1.29, 1.82) is 0 Å². The van der Waals surface area contributed by atoms with Crippen molar-refractivity contribution in [3.63, 3.8) is 0 Å². The number of carbonyl (C=O) groups excluding carboxylic acids is 1. The van der Waals surface area contributed by atoms with Gasteiger partial charge >= 0.3 is 0 Å². The molecule has 0 spiro atoms. The minimum absolute atomic E-state index is 0.157. The first kappa shape index (κ1) is 15.7. The van der Waals surface area contributed by atoms with E-state index in [0.717, 1.165) is 55.7 Å². The third-order valence-electron chi connectivity index (χ3n) is 5.56. The summed E-state index contributed by atoms with van der Waals surface area (Å²) in [4.78, 5) is 23.0. The van der Waals surface area contributed by atoms with E-state index in [0.29, 0.717) is 12.1 Å². The van der Waals surface area contributed by atoms with Crippen LogP contribution in [0.1, 0.15) is 24.2 Å². The third-order valence-corrected chi connectivity index (χ3v) is 5.56. The molecule has 4 rings (SSSR count). The van der Waals surface area contributed by atoms with E-state index in [1.54, 1.807) is 0 Å². The van der Waals surface area contributed by atoms with E-state index in [1.807, 2.05) is 35.4 Å². The molecular formula is C19H26N4O. The first-order valence-corrected chi connectivity index (χ1v) is 8.97. The number of carbonyl (C=O) groups is 1. The number of benzene rings is 1. The van der Waals surface area contributed by atoms with Crippen LogP contribution >= 0.6 is 0 Å². The fourth-order valence-electron chi connectivity index (χ4n) is 3.89. The number of likely N-dealkylation sites (tertiary alicyclic amines) is 1. The second-order valence-electron chi connectivity index (χ2n) is 7.28. The first-order valence-electron chi connectivity index (χ1n) is 8.97. The summed E-state index contributed by atoms with van der Waals surface area (Å²) in [5.74, 6) is 0.157. The van der Waals surface area contributed by atoms with Gasteiger partial charge in [-0.15, -0.1) is 0 Å². The molecule has 24 heavy (non-hydrogen) atoms. The predicted molar refractivity (Wildman–Crippen MR) is 96.3 cm³/mol. The molecule has 2 aliphatic heterocycles. The van der Waals surface area contributed by atoms with Gasteiger partial charge in [-0.2, -0.15) is 0 Å². The fraction of sp³-hybridized carbons (Fsp3) is 0.526. The lowest BCUT2D eigenvalue weighted by Crippen LogP contribution is -2.64. The number of H-pyrrole nitrogens is 1. The quantitative estimate of drug-likeness (QED) is 0.938. The zero-order valence-corrected chi connectivity index (χ0v) is 14.5. The van der Waals surface area contributed by atoms with Crippen molar-refractivity contribution in [3.05, 3.63) is 36.0 Å². The molecule has 128 valence electrons. The number of piperazine rings is 1. The Kier molecular flexibility index (Phi) is 4.06. The monoisotopic (exact) mass is 326 g/mol. The number of nitrogens with one attached hydrogen (secondary N) is 1. The molecule has 1 amide bonds. The Morgan fingerprint density at radius 3 is 2.54 bits per heavy atom. The maximum absolute atomic E-state index is 12.8. The highest BCUT2D eigenvalue weighted by molar-refractivity contribution is 6.07. The SMILES string of the molecule is CC(C)N1CCN(C2CN(C(=O)c3c[nH]c4ccccc34)C2)CC1. The van der Waals surface area contributed by atoms with Crippen LogP contribution < -0.4 is 0 Å². The molecule has 0 bridgehead atoms. The molecule has 0 radical (unpaired) electrons. The number of para-hydroxylation sites is 1. The molecule has 5 nitrogen and oxygen atoms in total. The molecular weight excluding hydrogens is 300 g/mol. The van der Waals surface area contributed by atoms with Crippen molar-refractivity contribution in [2.45, 2.75) is 25.9 Å². The van der Waals surface area contributed by atoms with Gasteiger partial charge in [0.15, 0.2) is 0 Å². The van der Waals surface area contributed by atoms with Crippen LogP contribution in [0.2, 0.25) is 0 Å². The van der Waals surface area contributed by atoms with Crippen LogP contribution in [-0.4, -0.2) is 76.9 Å². The molecule has 0 atom stereocenters. The van der Waals surface area contributed by atoms with Crippen LogP contribution in [0.5, 0.6) is 0 Å². The summed E-state index contributed by atoms with van der Waals surface area (Å²) in [5.41, 5.74) is 1.83. The van der Waals surface area contributed by atoms with Gasteiger partial charge in [-0.1, -0.05) is 18.2 Å². The number of fused-ring (bicyclic) bond motifs is 1. The second-order valence-corrected chi connectivity index (χ2v) is 7.28. The summed E-state index contributed by atoms with van der Waals surface area (Å²) >= 11 is 0. The van der Waals surface area contributed by atoms with E-state index < -0.39 is 0 Å². The highest BCUT2D eigenvalue weighted by Gasteiger charge is 2.37. The molecule has 2 saturated heterocycles. The molecule has 0 aliphatic carbocycles. The number of aromatic amines is 1. The average molecular weight is 326 g/mol. The van der Waals surface area contributed by atoms with Crippen LogP contribution in [-0.2, 0) is 0 Å². The van der Waals surface area contributed by atoms with Gasteiger partial charge in [-0.25, -0.2) is 0 Å². The number of nitrogens with zero attached hydrogens (tertiary/aromatic N) is 3. The van der Waals surface area contributed by atoms with Gasteiger partial charge in [0.2, 0.25) is 0 Å². The standard InChI is InChI=1S/C19H26N4O/c1-14(2)21-7-9-22(10-8-21)15-12-23(13-15)19(24)17-11-20-18-6-4-3-5-16(17)18/h3-6,11,14-15,20H,7-10,12-13H2,1-2H3. The Morgan fingerprint density at radius 1 is 1.12 bits per heavy atom. The highest BCUT2D eigenvalue weighted by Crippen LogP contribution is 2.24. The Morgan fingerprint density at radius 2 is 1.83 bits per heavy atom. The normalized spacial score (nSPS) is 20.7.